The fourth-order valence-corrected chi connectivity index (χ4v) is 4.80. The van der Waals surface area contributed by atoms with E-state index >= 15 is 0 Å². The van der Waals surface area contributed by atoms with Crippen molar-refractivity contribution in [3.63, 3.8) is 0 Å². The van der Waals surface area contributed by atoms with E-state index in [4.69, 9.17) is 23.4 Å². The highest BCUT2D eigenvalue weighted by molar-refractivity contribution is 5.86. The van der Waals surface area contributed by atoms with Crippen LogP contribution in [-0.2, 0) is 19.0 Å². The van der Waals surface area contributed by atoms with Crippen molar-refractivity contribution < 1.29 is 79.2 Å². The first-order chi connectivity index (χ1) is 20.8. The molecule has 2 saturated heterocycles. The molecule has 0 aliphatic carbocycles. The number of carbonyl (C=O) groups is 1. The molecule has 44 heavy (non-hydrogen) atoms. The largest absolute Gasteiger partial charge is 0.507 e. The lowest BCUT2D eigenvalue weighted by Crippen LogP contribution is -2.62. The summed E-state index contributed by atoms with van der Waals surface area (Å²) in [6.07, 6.45) is -18.4. The number of fused-ring (bicyclic) bond motifs is 1. The average molecular weight is 625 g/mol. The number of aliphatic hydroxyl groups is 6. The summed E-state index contributed by atoms with van der Waals surface area (Å²) in [6.45, 7) is -0.706. The Morgan fingerprint density at radius 3 is 2.11 bits per heavy atom. The molecule has 0 radical (unpaired) electrons. The first kappa shape index (κ1) is 31.4. The van der Waals surface area contributed by atoms with Crippen LogP contribution in [0.3, 0.4) is 0 Å². The van der Waals surface area contributed by atoms with E-state index in [0.717, 1.165) is 24.3 Å². The molecule has 0 bridgehead atoms. The number of rotatable bonds is 7. The van der Waals surface area contributed by atoms with Crippen LogP contribution in [0.15, 0.2) is 45.6 Å². The van der Waals surface area contributed by atoms with Gasteiger partial charge in [-0.3, -0.25) is 4.79 Å². The van der Waals surface area contributed by atoms with Gasteiger partial charge in [-0.05, 0) is 18.2 Å². The summed E-state index contributed by atoms with van der Waals surface area (Å²) in [4.78, 5) is 24.1. The van der Waals surface area contributed by atoms with Gasteiger partial charge < -0.3 is 74.4 Å². The van der Waals surface area contributed by atoms with Crippen LogP contribution < -0.4 is 10.2 Å². The highest BCUT2D eigenvalue weighted by atomic mass is 16.7. The van der Waals surface area contributed by atoms with E-state index in [1.54, 1.807) is 0 Å². The molecule has 3 heterocycles. The van der Waals surface area contributed by atoms with Gasteiger partial charge in [0.15, 0.2) is 29.3 Å². The number of hydrogen-bond acceptors (Lipinski definition) is 16. The number of ether oxygens (including phenoxy) is 4. The van der Waals surface area contributed by atoms with Crippen LogP contribution in [0, 0.1) is 0 Å². The van der Waals surface area contributed by atoms with E-state index < -0.39 is 96.7 Å². The van der Waals surface area contributed by atoms with Crippen LogP contribution in [0.25, 0.3) is 22.3 Å². The third-order valence-electron chi connectivity index (χ3n) is 7.20. The summed E-state index contributed by atoms with van der Waals surface area (Å²) in [5, 5.41) is 100. The van der Waals surface area contributed by atoms with Gasteiger partial charge in [-0.15, -0.1) is 0 Å². The third-order valence-corrected chi connectivity index (χ3v) is 7.20. The smallest absolute Gasteiger partial charge is 0.335 e. The predicted molar refractivity (Wildman–Crippen MR) is 140 cm³/mol. The van der Waals surface area contributed by atoms with Gasteiger partial charge in [0.05, 0.1) is 6.61 Å². The quantitative estimate of drug-likeness (QED) is 0.123. The Balaban J connectivity index is 1.36. The molecular weight excluding hydrogens is 596 g/mol. The molecule has 10 atom stereocenters. The molecule has 2 fully saturated rings. The monoisotopic (exact) mass is 624 g/mol. The normalized spacial score (nSPS) is 32.4. The van der Waals surface area contributed by atoms with Gasteiger partial charge in [-0.1, -0.05) is 0 Å². The number of phenols is 3. The Labute approximate surface area is 245 Å². The minimum atomic E-state index is -1.97. The minimum absolute atomic E-state index is 0.0473. The molecule has 2 aromatic carbocycles. The maximum Gasteiger partial charge on any atom is 0.335 e. The zero-order valence-corrected chi connectivity index (χ0v) is 22.3. The number of carboxylic acid groups (broad SMARTS) is 1. The van der Waals surface area contributed by atoms with Crippen molar-refractivity contribution in [2.24, 2.45) is 0 Å². The van der Waals surface area contributed by atoms with Gasteiger partial charge >= 0.3 is 5.97 Å². The Bertz CT molecular complexity index is 1590. The molecular formula is C27H28O17. The van der Waals surface area contributed by atoms with Gasteiger partial charge in [0, 0.05) is 23.8 Å². The standard InChI is InChI=1S/C27H28O17/c28-10-2-1-8(3-11(10)29)14-6-13(31)17-12(30)4-9(5-15(17)42-14)41-27-23(37)19(33)18(32)16(43-27)7-40-26-22(36)20(34)21(35)24(44-26)25(38)39/h1-6,16,18-24,26-30,32-37H,7H2,(H,38,39)/t16-,18-,19+,20-,21+,22-,23-,24-,26+,27-/m1/s1. The van der Waals surface area contributed by atoms with Crippen LogP contribution in [-0.4, -0.2) is 125 Å². The lowest BCUT2D eigenvalue weighted by molar-refractivity contribution is -0.318. The minimum Gasteiger partial charge on any atom is -0.507 e. The number of benzene rings is 2. The van der Waals surface area contributed by atoms with Crippen molar-refractivity contribution in [3.05, 3.63) is 46.6 Å². The second-order valence-corrected chi connectivity index (χ2v) is 10.2. The van der Waals surface area contributed by atoms with Crippen molar-refractivity contribution in [2.45, 2.75) is 61.4 Å². The molecule has 3 aromatic rings. The van der Waals surface area contributed by atoms with Crippen LogP contribution in [0.4, 0.5) is 0 Å². The highest BCUT2D eigenvalue weighted by Gasteiger charge is 2.49. The summed E-state index contributed by atoms with van der Waals surface area (Å²) in [5.41, 5.74) is -0.657. The molecule has 0 amide bonds. The van der Waals surface area contributed by atoms with E-state index in [1.807, 2.05) is 0 Å². The molecule has 0 spiro atoms. The van der Waals surface area contributed by atoms with Crippen molar-refractivity contribution in [3.8, 4) is 34.3 Å². The first-order valence-electron chi connectivity index (χ1n) is 13.0. The zero-order valence-electron chi connectivity index (χ0n) is 22.3. The third kappa shape index (κ3) is 5.87. The second kappa shape index (κ2) is 12.2. The predicted octanol–water partition coefficient (Wildman–Crippen LogP) is -2.33. The summed E-state index contributed by atoms with van der Waals surface area (Å²) >= 11 is 0. The number of aromatic hydroxyl groups is 3. The molecule has 17 nitrogen and oxygen atoms in total. The SMILES string of the molecule is O=C(O)[C@@H]1O[C@H](OC[C@H]2O[C@@H](Oc3cc(O)c4c(=O)cc(-c5ccc(O)c(O)c5)oc4c3)[C@H](O)[C@@H](O)[C@@H]2O)[C@H](O)[C@H](O)[C@@H]1O. The van der Waals surface area contributed by atoms with Crippen molar-refractivity contribution in [1.82, 2.24) is 0 Å². The number of phenolic OH excluding ortho intramolecular Hbond substituents is 3. The average Bonchev–Trinajstić information content (AvgIpc) is 2.97. The van der Waals surface area contributed by atoms with Crippen LogP contribution in [0.5, 0.6) is 23.0 Å². The Kier molecular flexibility index (Phi) is 8.67. The summed E-state index contributed by atoms with van der Waals surface area (Å²) in [6, 6.07) is 6.88. The molecule has 238 valence electrons. The summed E-state index contributed by atoms with van der Waals surface area (Å²) in [5.74, 6) is -3.41. The Morgan fingerprint density at radius 2 is 1.43 bits per heavy atom. The van der Waals surface area contributed by atoms with E-state index in [9.17, 15) is 60.7 Å². The fourth-order valence-electron chi connectivity index (χ4n) is 4.80. The fraction of sp³-hybridized carbons (Fsp3) is 0.407. The van der Waals surface area contributed by atoms with Gasteiger partial charge in [0.1, 0.15) is 71.0 Å². The van der Waals surface area contributed by atoms with Gasteiger partial charge in [0.2, 0.25) is 6.29 Å². The number of aliphatic carboxylic acids is 1. The first-order valence-corrected chi connectivity index (χ1v) is 13.0. The molecule has 0 unspecified atom stereocenters. The Morgan fingerprint density at radius 1 is 0.750 bits per heavy atom. The second-order valence-electron chi connectivity index (χ2n) is 10.2. The molecule has 1 aromatic heterocycles. The number of aliphatic hydroxyl groups excluding tert-OH is 6. The molecule has 5 rings (SSSR count). The molecule has 17 heteroatoms. The van der Waals surface area contributed by atoms with Crippen molar-refractivity contribution in [1.29, 1.82) is 0 Å². The van der Waals surface area contributed by atoms with Crippen LogP contribution >= 0.6 is 0 Å². The van der Waals surface area contributed by atoms with E-state index in [0.29, 0.717) is 0 Å². The number of carboxylic acids is 1. The maximum absolute atomic E-state index is 12.7. The van der Waals surface area contributed by atoms with Crippen LogP contribution in [0.1, 0.15) is 0 Å². The van der Waals surface area contributed by atoms with Gasteiger partial charge in [-0.2, -0.15) is 0 Å². The Hall–Kier alpha value is -4.04. The van der Waals surface area contributed by atoms with Gasteiger partial charge in [-0.25, -0.2) is 4.79 Å². The number of hydrogen-bond donors (Lipinski definition) is 10. The molecule has 2 aliphatic rings. The maximum atomic E-state index is 12.7. The molecule has 2 aliphatic heterocycles. The van der Waals surface area contributed by atoms with Crippen molar-refractivity contribution in [2.75, 3.05) is 6.61 Å². The van der Waals surface area contributed by atoms with Crippen molar-refractivity contribution >= 4 is 16.9 Å². The molecule has 0 saturated carbocycles. The van der Waals surface area contributed by atoms with E-state index in [-0.39, 0.29) is 28.0 Å². The summed E-state index contributed by atoms with van der Waals surface area (Å²) in [7, 11) is 0. The lowest BCUT2D eigenvalue weighted by Gasteiger charge is -2.42. The lowest BCUT2D eigenvalue weighted by atomic mass is 9.98. The van der Waals surface area contributed by atoms with E-state index in [2.05, 4.69) is 0 Å². The van der Waals surface area contributed by atoms with Crippen LogP contribution in [0.2, 0.25) is 0 Å². The highest BCUT2D eigenvalue weighted by Crippen LogP contribution is 2.35. The topological polar surface area (TPSA) is 286 Å². The van der Waals surface area contributed by atoms with Gasteiger partial charge in [0.25, 0.3) is 0 Å². The zero-order chi connectivity index (χ0) is 32.0. The van der Waals surface area contributed by atoms with E-state index in [1.165, 1.54) is 12.1 Å². The summed E-state index contributed by atoms with van der Waals surface area (Å²) < 4.78 is 27.1. The molecule has 10 N–H and O–H groups in total.